The minimum absolute atomic E-state index is 0.310. The van der Waals surface area contributed by atoms with Crippen molar-refractivity contribution in [1.82, 2.24) is 25.2 Å². The summed E-state index contributed by atoms with van der Waals surface area (Å²) in [5.74, 6) is 0.601. The Bertz CT molecular complexity index is 845. The van der Waals surface area contributed by atoms with Gasteiger partial charge in [0.25, 0.3) is 5.91 Å². The SMILES string of the molecule is CCCc1c(C(=O)Nc2nnc(SCC)s2)nnn1-c1ccccc1. The van der Waals surface area contributed by atoms with Gasteiger partial charge in [0.05, 0.1) is 11.4 Å². The zero-order valence-electron chi connectivity index (χ0n) is 14.0. The van der Waals surface area contributed by atoms with Gasteiger partial charge >= 0.3 is 0 Å². The number of para-hydroxylation sites is 1. The van der Waals surface area contributed by atoms with E-state index in [9.17, 15) is 4.79 Å². The predicted molar refractivity (Wildman–Crippen MR) is 99.6 cm³/mol. The van der Waals surface area contributed by atoms with Crippen LogP contribution in [0.5, 0.6) is 0 Å². The molecule has 3 rings (SSSR count). The van der Waals surface area contributed by atoms with Crippen LogP contribution < -0.4 is 5.32 Å². The summed E-state index contributed by atoms with van der Waals surface area (Å²) in [6.45, 7) is 4.10. The van der Waals surface area contributed by atoms with Crippen molar-refractivity contribution in [1.29, 1.82) is 0 Å². The molecule has 0 radical (unpaired) electrons. The molecule has 0 saturated heterocycles. The molecule has 0 bridgehead atoms. The van der Waals surface area contributed by atoms with Crippen molar-refractivity contribution in [3.8, 4) is 5.69 Å². The van der Waals surface area contributed by atoms with Gasteiger partial charge < -0.3 is 0 Å². The van der Waals surface area contributed by atoms with Crippen molar-refractivity contribution in [2.45, 2.75) is 31.0 Å². The number of rotatable bonds is 7. The molecule has 0 saturated carbocycles. The number of anilines is 1. The monoisotopic (exact) mass is 374 g/mol. The number of benzene rings is 1. The van der Waals surface area contributed by atoms with Gasteiger partial charge in [-0.2, -0.15) is 0 Å². The third-order valence-corrected chi connectivity index (χ3v) is 5.21. The summed E-state index contributed by atoms with van der Waals surface area (Å²) < 4.78 is 2.55. The van der Waals surface area contributed by atoms with Crippen LogP contribution in [0, 0.1) is 0 Å². The average Bonchev–Trinajstić information content (AvgIpc) is 3.23. The predicted octanol–water partition coefficient (Wildman–Crippen LogP) is 3.44. The van der Waals surface area contributed by atoms with Crippen LogP contribution in [0.1, 0.15) is 36.5 Å². The summed E-state index contributed by atoms with van der Waals surface area (Å²) >= 11 is 2.95. The molecule has 0 aliphatic rings. The van der Waals surface area contributed by atoms with Crippen LogP contribution in [-0.2, 0) is 6.42 Å². The van der Waals surface area contributed by atoms with E-state index in [1.54, 1.807) is 16.4 Å². The number of hydrogen-bond donors (Lipinski definition) is 1. The molecular weight excluding hydrogens is 356 g/mol. The Kier molecular flexibility index (Phi) is 5.77. The number of carbonyl (C=O) groups is 1. The first-order valence-corrected chi connectivity index (χ1v) is 9.80. The second-order valence-corrected chi connectivity index (χ2v) is 7.63. The molecular formula is C16H18N6OS2. The smallest absolute Gasteiger partial charge is 0.279 e. The molecule has 1 amide bonds. The summed E-state index contributed by atoms with van der Waals surface area (Å²) in [4.78, 5) is 12.6. The highest BCUT2D eigenvalue weighted by molar-refractivity contribution is 8.01. The second-order valence-electron chi connectivity index (χ2n) is 5.14. The van der Waals surface area contributed by atoms with Crippen molar-refractivity contribution < 1.29 is 4.79 Å². The largest absolute Gasteiger partial charge is 0.295 e. The summed E-state index contributed by atoms with van der Waals surface area (Å²) in [6.07, 6.45) is 1.59. The zero-order chi connectivity index (χ0) is 17.6. The molecule has 0 aliphatic carbocycles. The summed E-state index contributed by atoms with van der Waals surface area (Å²) in [7, 11) is 0. The lowest BCUT2D eigenvalue weighted by Gasteiger charge is -2.06. The van der Waals surface area contributed by atoms with Crippen molar-refractivity contribution in [2.75, 3.05) is 11.1 Å². The topological polar surface area (TPSA) is 85.6 Å². The Morgan fingerprint density at radius 2 is 2.00 bits per heavy atom. The summed E-state index contributed by atoms with van der Waals surface area (Å²) in [6, 6.07) is 9.68. The van der Waals surface area contributed by atoms with E-state index in [4.69, 9.17) is 0 Å². The molecule has 2 aromatic heterocycles. The average molecular weight is 374 g/mol. The molecule has 0 fully saturated rings. The number of carbonyl (C=O) groups excluding carboxylic acids is 1. The van der Waals surface area contributed by atoms with E-state index >= 15 is 0 Å². The molecule has 1 aromatic carbocycles. The Balaban J connectivity index is 1.85. The van der Waals surface area contributed by atoms with Gasteiger partial charge in [0, 0.05) is 0 Å². The Morgan fingerprint density at radius 1 is 1.20 bits per heavy atom. The van der Waals surface area contributed by atoms with E-state index in [0.717, 1.165) is 27.9 Å². The second kappa shape index (κ2) is 8.21. The Morgan fingerprint density at radius 3 is 2.72 bits per heavy atom. The van der Waals surface area contributed by atoms with Gasteiger partial charge in [-0.15, -0.1) is 15.3 Å². The Labute approximate surface area is 153 Å². The quantitative estimate of drug-likeness (QED) is 0.504. The molecule has 130 valence electrons. The first-order valence-electron chi connectivity index (χ1n) is 8.00. The molecule has 9 heteroatoms. The highest BCUT2D eigenvalue weighted by atomic mass is 32.2. The van der Waals surface area contributed by atoms with E-state index in [1.807, 2.05) is 37.3 Å². The molecule has 3 aromatic rings. The third kappa shape index (κ3) is 4.05. The maximum absolute atomic E-state index is 12.6. The standard InChI is InChI=1S/C16H18N6OS2/c1-3-8-12-13(18-21-22(12)11-9-6-5-7-10-11)14(23)17-15-19-20-16(25-15)24-4-2/h5-7,9-10H,3-4,8H2,1-2H3,(H,17,19,23). The van der Waals surface area contributed by atoms with Crippen LogP contribution in [0.3, 0.4) is 0 Å². The fourth-order valence-corrected chi connectivity index (χ4v) is 3.96. The first-order chi connectivity index (χ1) is 12.2. The number of nitrogens with zero attached hydrogens (tertiary/aromatic N) is 5. The van der Waals surface area contributed by atoms with Gasteiger partial charge in [0.2, 0.25) is 5.13 Å². The lowest BCUT2D eigenvalue weighted by atomic mass is 10.2. The number of nitrogens with one attached hydrogen (secondary N) is 1. The molecule has 0 spiro atoms. The van der Waals surface area contributed by atoms with E-state index in [-0.39, 0.29) is 5.91 Å². The Hall–Kier alpha value is -2.26. The fraction of sp³-hybridized carbons (Fsp3) is 0.312. The van der Waals surface area contributed by atoms with E-state index < -0.39 is 0 Å². The van der Waals surface area contributed by atoms with Crippen LogP contribution in [0.2, 0.25) is 0 Å². The first kappa shape index (κ1) is 17.6. The van der Waals surface area contributed by atoms with Gasteiger partial charge in [-0.3, -0.25) is 10.1 Å². The van der Waals surface area contributed by atoms with Crippen molar-refractivity contribution in [3.63, 3.8) is 0 Å². The maximum Gasteiger partial charge on any atom is 0.279 e. The van der Waals surface area contributed by atoms with Crippen LogP contribution in [0.4, 0.5) is 5.13 Å². The highest BCUT2D eigenvalue weighted by Crippen LogP contribution is 2.25. The van der Waals surface area contributed by atoms with Crippen LogP contribution in [-0.4, -0.2) is 36.9 Å². The normalized spacial score (nSPS) is 10.8. The van der Waals surface area contributed by atoms with Crippen LogP contribution in [0.25, 0.3) is 5.69 Å². The maximum atomic E-state index is 12.6. The minimum atomic E-state index is -0.310. The molecule has 1 N–H and O–H groups in total. The van der Waals surface area contributed by atoms with Crippen molar-refractivity contribution in [2.24, 2.45) is 0 Å². The third-order valence-electron chi connectivity index (χ3n) is 3.36. The number of amides is 1. The van der Waals surface area contributed by atoms with Gasteiger partial charge in [0.1, 0.15) is 0 Å². The minimum Gasteiger partial charge on any atom is -0.295 e. The van der Waals surface area contributed by atoms with Crippen LogP contribution in [0.15, 0.2) is 34.7 Å². The van der Waals surface area contributed by atoms with E-state index in [0.29, 0.717) is 17.2 Å². The molecule has 25 heavy (non-hydrogen) atoms. The van der Waals surface area contributed by atoms with Gasteiger partial charge in [0.15, 0.2) is 10.0 Å². The fourth-order valence-electron chi connectivity index (χ4n) is 2.31. The molecule has 0 aliphatic heterocycles. The van der Waals surface area contributed by atoms with Crippen LogP contribution >= 0.6 is 23.1 Å². The zero-order valence-corrected chi connectivity index (χ0v) is 15.6. The van der Waals surface area contributed by atoms with Gasteiger partial charge in [-0.05, 0) is 24.3 Å². The van der Waals surface area contributed by atoms with Gasteiger partial charge in [-0.25, -0.2) is 4.68 Å². The number of thioether (sulfide) groups is 1. The molecule has 7 nitrogen and oxygen atoms in total. The lowest BCUT2D eigenvalue weighted by Crippen LogP contribution is -2.15. The summed E-state index contributed by atoms with van der Waals surface area (Å²) in [5, 5.41) is 19.6. The molecule has 2 heterocycles. The lowest BCUT2D eigenvalue weighted by molar-refractivity contribution is 0.102. The highest BCUT2D eigenvalue weighted by Gasteiger charge is 2.21. The summed E-state index contributed by atoms with van der Waals surface area (Å²) in [5.41, 5.74) is 2.00. The number of hydrogen-bond acceptors (Lipinski definition) is 7. The molecule has 0 unspecified atom stereocenters. The van der Waals surface area contributed by atoms with Crippen molar-refractivity contribution in [3.05, 3.63) is 41.7 Å². The van der Waals surface area contributed by atoms with E-state index in [1.165, 1.54) is 11.3 Å². The van der Waals surface area contributed by atoms with Crippen molar-refractivity contribution >= 4 is 34.1 Å². The molecule has 0 atom stereocenters. The van der Waals surface area contributed by atoms with E-state index in [2.05, 4.69) is 32.7 Å². The van der Waals surface area contributed by atoms with Gasteiger partial charge in [-0.1, -0.05) is 66.8 Å². The number of aromatic nitrogens is 5.